The van der Waals surface area contributed by atoms with Crippen LogP contribution in [0.5, 0.6) is 0 Å². The van der Waals surface area contributed by atoms with Gasteiger partial charge in [-0.25, -0.2) is 8.42 Å². The minimum absolute atomic E-state index is 0.0696. The Kier molecular flexibility index (Phi) is 5.12. The second-order valence-corrected chi connectivity index (χ2v) is 7.29. The molecule has 22 heavy (non-hydrogen) atoms. The third-order valence-corrected chi connectivity index (χ3v) is 4.88. The normalized spacial score (nSPS) is 19.5. The molecule has 0 spiro atoms. The number of piperazine rings is 1. The van der Waals surface area contributed by atoms with Crippen molar-refractivity contribution in [2.45, 2.75) is 24.5 Å². The Morgan fingerprint density at radius 1 is 1.36 bits per heavy atom. The van der Waals surface area contributed by atoms with Gasteiger partial charge in [-0.05, 0) is 24.6 Å². The van der Waals surface area contributed by atoms with E-state index in [0.717, 1.165) is 13.1 Å². The van der Waals surface area contributed by atoms with Gasteiger partial charge in [-0.3, -0.25) is 4.79 Å². The maximum atomic E-state index is 12.4. The van der Waals surface area contributed by atoms with Crippen LogP contribution in [0.3, 0.4) is 0 Å². The molecule has 1 aliphatic heterocycles. The lowest BCUT2D eigenvalue weighted by molar-refractivity contribution is 0.0655. The molecule has 122 valence electrons. The third-order valence-electron chi connectivity index (χ3n) is 3.60. The van der Waals surface area contributed by atoms with E-state index in [1.807, 2.05) is 6.92 Å². The van der Waals surface area contributed by atoms with E-state index in [1.165, 1.54) is 24.3 Å². The number of amides is 1. The van der Waals surface area contributed by atoms with Crippen LogP contribution in [0.15, 0.2) is 24.3 Å². The maximum absolute atomic E-state index is 12.4. The van der Waals surface area contributed by atoms with E-state index >= 15 is 0 Å². The number of benzene rings is 1. The Hall–Kier alpha value is -1.54. The zero-order valence-corrected chi connectivity index (χ0v) is 12.9. The van der Waals surface area contributed by atoms with Crippen LogP contribution in [0.2, 0.25) is 0 Å². The van der Waals surface area contributed by atoms with Crippen molar-refractivity contribution < 1.29 is 22.0 Å². The summed E-state index contributed by atoms with van der Waals surface area (Å²) < 4.78 is 47.0. The van der Waals surface area contributed by atoms with Crippen molar-refractivity contribution in [3.05, 3.63) is 35.4 Å². The number of hydrogen-bond acceptors (Lipinski definition) is 4. The van der Waals surface area contributed by atoms with Crippen LogP contribution in [-0.2, 0) is 15.6 Å². The predicted octanol–water partition coefficient (Wildman–Crippen LogP) is 1.26. The zero-order valence-electron chi connectivity index (χ0n) is 12.1. The van der Waals surface area contributed by atoms with E-state index in [1.54, 1.807) is 4.90 Å². The highest BCUT2D eigenvalue weighted by molar-refractivity contribution is 7.90. The topological polar surface area (TPSA) is 66.5 Å². The first-order valence-corrected chi connectivity index (χ1v) is 8.63. The highest BCUT2D eigenvalue weighted by Gasteiger charge is 2.26. The summed E-state index contributed by atoms with van der Waals surface area (Å²) in [6, 6.07) is 5.83. The van der Waals surface area contributed by atoms with E-state index in [-0.39, 0.29) is 17.5 Å². The molecule has 1 aromatic rings. The molecule has 1 heterocycles. The van der Waals surface area contributed by atoms with Crippen molar-refractivity contribution in [1.82, 2.24) is 10.2 Å². The van der Waals surface area contributed by atoms with Crippen LogP contribution >= 0.6 is 0 Å². The van der Waals surface area contributed by atoms with Gasteiger partial charge in [-0.1, -0.05) is 12.1 Å². The van der Waals surface area contributed by atoms with E-state index in [0.29, 0.717) is 12.1 Å². The van der Waals surface area contributed by atoms with Crippen LogP contribution in [0.1, 0.15) is 22.8 Å². The lowest BCUT2D eigenvalue weighted by Crippen LogP contribution is -2.52. The molecule has 1 atom stereocenters. The van der Waals surface area contributed by atoms with Gasteiger partial charge in [0.15, 0.2) is 0 Å². The van der Waals surface area contributed by atoms with Gasteiger partial charge in [0.1, 0.15) is 0 Å². The van der Waals surface area contributed by atoms with Crippen molar-refractivity contribution in [2.75, 3.05) is 19.6 Å². The van der Waals surface area contributed by atoms with E-state index in [9.17, 15) is 22.0 Å². The summed E-state index contributed by atoms with van der Waals surface area (Å²) in [4.78, 5) is 14.1. The van der Waals surface area contributed by atoms with Crippen LogP contribution in [0.4, 0.5) is 8.78 Å². The number of halogens is 2. The number of alkyl halides is 2. The summed E-state index contributed by atoms with van der Waals surface area (Å²) in [6.07, 6.45) is 0. The molecule has 8 heteroatoms. The van der Waals surface area contributed by atoms with E-state index in [4.69, 9.17) is 0 Å². The quantitative estimate of drug-likeness (QED) is 0.901. The molecule has 0 radical (unpaired) electrons. The van der Waals surface area contributed by atoms with Crippen LogP contribution in [0, 0.1) is 0 Å². The van der Waals surface area contributed by atoms with Gasteiger partial charge in [-0.2, -0.15) is 8.78 Å². The van der Waals surface area contributed by atoms with Gasteiger partial charge in [0.05, 0.1) is 5.75 Å². The van der Waals surface area contributed by atoms with Gasteiger partial charge < -0.3 is 10.2 Å². The summed E-state index contributed by atoms with van der Waals surface area (Å²) in [7, 11) is -4.45. The molecule has 2 rings (SSSR count). The highest BCUT2D eigenvalue weighted by atomic mass is 32.2. The number of carbonyl (C=O) groups excluding carboxylic acids is 1. The molecule has 1 fully saturated rings. The summed E-state index contributed by atoms with van der Waals surface area (Å²) >= 11 is 0. The standard InChI is InChI=1S/C14H18F2N2O3S/c1-10-8-17-6-7-18(10)13(19)12-4-2-11(3-5-12)9-22(20,21)14(15)16/h2-5,10,14,17H,6-9H2,1H3/t10-/m0/s1. The number of carbonyl (C=O) groups is 1. The fraction of sp³-hybridized carbons (Fsp3) is 0.500. The second-order valence-electron chi connectivity index (χ2n) is 5.32. The number of nitrogens with one attached hydrogen (secondary N) is 1. The van der Waals surface area contributed by atoms with Gasteiger partial charge in [0, 0.05) is 31.2 Å². The van der Waals surface area contributed by atoms with Gasteiger partial charge in [0.25, 0.3) is 5.91 Å². The van der Waals surface area contributed by atoms with Gasteiger partial charge >= 0.3 is 5.76 Å². The molecule has 0 aromatic heterocycles. The second kappa shape index (κ2) is 6.70. The molecule has 1 aromatic carbocycles. The Labute approximate surface area is 128 Å². The Morgan fingerprint density at radius 2 is 2.00 bits per heavy atom. The minimum Gasteiger partial charge on any atom is -0.333 e. The highest BCUT2D eigenvalue weighted by Crippen LogP contribution is 2.16. The van der Waals surface area contributed by atoms with Crippen molar-refractivity contribution in [3.8, 4) is 0 Å². The summed E-state index contributed by atoms with van der Waals surface area (Å²) in [6.45, 7) is 3.98. The molecule has 0 saturated carbocycles. The Morgan fingerprint density at radius 3 is 2.55 bits per heavy atom. The van der Waals surface area contributed by atoms with Gasteiger partial charge in [0.2, 0.25) is 9.84 Å². The summed E-state index contributed by atoms with van der Waals surface area (Å²) in [5.74, 6) is -4.27. The first kappa shape index (κ1) is 16.8. The molecule has 1 saturated heterocycles. The summed E-state index contributed by atoms with van der Waals surface area (Å²) in [5.41, 5.74) is 0.664. The minimum atomic E-state index is -4.45. The molecule has 1 amide bonds. The molecular weight excluding hydrogens is 314 g/mol. The third kappa shape index (κ3) is 3.80. The van der Waals surface area contributed by atoms with E-state index in [2.05, 4.69) is 5.32 Å². The van der Waals surface area contributed by atoms with Crippen LogP contribution in [0.25, 0.3) is 0 Å². The average molecular weight is 332 g/mol. The first-order valence-electron chi connectivity index (χ1n) is 6.91. The number of hydrogen-bond donors (Lipinski definition) is 1. The predicted molar refractivity (Wildman–Crippen MR) is 78.4 cm³/mol. The summed E-state index contributed by atoms with van der Waals surface area (Å²) in [5, 5.41) is 3.18. The monoisotopic (exact) mass is 332 g/mol. The largest absolute Gasteiger partial charge is 0.337 e. The molecule has 1 N–H and O–H groups in total. The Bertz CT molecular complexity index is 632. The lowest BCUT2D eigenvalue weighted by Gasteiger charge is -2.34. The smallest absolute Gasteiger partial charge is 0.333 e. The number of rotatable bonds is 4. The zero-order chi connectivity index (χ0) is 16.3. The fourth-order valence-corrected chi connectivity index (χ4v) is 3.13. The molecule has 5 nitrogen and oxygen atoms in total. The molecular formula is C14H18F2N2O3S. The number of sulfone groups is 1. The van der Waals surface area contributed by atoms with Crippen molar-refractivity contribution >= 4 is 15.7 Å². The molecule has 1 aliphatic rings. The average Bonchev–Trinajstić information content (AvgIpc) is 2.47. The van der Waals surface area contributed by atoms with Crippen molar-refractivity contribution in [3.63, 3.8) is 0 Å². The first-order chi connectivity index (χ1) is 10.3. The molecule has 0 bridgehead atoms. The molecule has 0 unspecified atom stereocenters. The van der Waals surface area contributed by atoms with Crippen molar-refractivity contribution in [2.24, 2.45) is 0 Å². The van der Waals surface area contributed by atoms with Gasteiger partial charge in [-0.15, -0.1) is 0 Å². The lowest BCUT2D eigenvalue weighted by atomic mass is 10.1. The maximum Gasteiger partial charge on any atom is 0.337 e. The van der Waals surface area contributed by atoms with Crippen LogP contribution < -0.4 is 5.32 Å². The fourth-order valence-electron chi connectivity index (χ4n) is 2.35. The van der Waals surface area contributed by atoms with Crippen LogP contribution in [-0.4, -0.2) is 50.7 Å². The van der Waals surface area contributed by atoms with E-state index < -0.39 is 21.3 Å². The molecule has 0 aliphatic carbocycles. The number of nitrogens with zero attached hydrogens (tertiary/aromatic N) is 1. The van der Waals surface area contributed by atoms with Crippen molar-refractivity contribution in [1.29, 1.82) is 0 Å². The SMILES string of the molecule is C[C@H]1CNCCN1C(=O)c1ccc(CS(=O)(=O)C(F)F)cc1. The Balaban J connectivity index is 2.10.